The molecule has 4 saturated carbocycles. The van der Waals surface area contributed by atoms with E-state index in [9.17, 15) is 5.26 Å². The van der Waals surface area contributed by atoms with Crippen molar-refractivity contribution < 1.29 is 0 Å². The molecule has 8 heteroatoms. The molecule has 0 saturated heterocycles. The number of aromatic nitrogens is 3. The average molecular weight is 424 g/mol. The number of halogens is 1. The number of nitrogens with one attached hydrogen (secondary N) is 2. The second kappa shape index (κ2) is 7.68. The second-order valence-corrected chi connectivity index (χ2v) is 9.63. The summed E-state index contributed by atoms with van der Waals surface area (Å²) in [7, 11) is 0. The number of nitrogens with zero attached hydrogens (tertiary/aromatic N) is 4. The maximum Gasteiger partial charge on any atom is 0.224 e. The van der Waals surface area contributed by atoms with E-state index in [1.807, 2.05) is 12.1 Å². The third kappa shape index (κ3) is 3.59. The molecule has 4 aliphatic rings. The summed E-state index contributed by atoms with van der Waals surface area (Å²) in [5.74, 6) is 3.17. The lowest BCUT2D eigenvalue weighted by molar-refractivity contribution is -0.0591. The minimum Gasteiger partial charge on any atom is -0.368 e. The molecular formula is C22H26ClN7. The lowest BCUT2D eigenvalue weighted by atomic mass is 9.48. The van der Waals surface area contributed by atoms with Crippen LogP contribution in [-0.4, -0.2) is 27.5 Å². The van der Waals surface area contributed by atoms with Gasteiger partial charge in [-0.25, -0.2) is 9.97 Å². The fourth-order valence-corrected chi connectivity index (χ4v) is 6.31. The number of hydrogen-bond donors (Lipinski definition) is 3. The number of nitrogens with two attached hydrogens (primary N) is 1. The molecule has 4 fully saturated rings. The van der Waals surface area contributed by atoms with Gasteiger partial charge in [0.1, 0.15) is 22.6 Å². The molecular weight excluding hydrogens is 398 g/mol. The van der Waals surface area contributed by atoms with Crippen LogP contribution in [0.4, 0.5) is 11.8 Å². The van der Waals surface area contributed by atoms with E-state index in [1.165, 1.54) is 32.1 Å². The molecule has 6 rings (SSSR count). The van der Waals surface area contributed by atoms with Crippen LogP contribution in [0.5, 0.6) is 0 Å². The lowest BCUT2D eigenvalue weighted by Gasteiger charge is -2.59. The third-order valence-electron chi connectivity index (χ3n) is 7.29. The van der Waals surface area contributed by atoms with Crippen molar-refractivity contribution in [1.29, 1.82) is 5.26 Å². The zero-order chi connectivity index (χ0) is 20.7. The van der Waals surface area contributed by atoms with E-state index in [4.69, 9.17) is 17.3 Å². The lowest BCUT2D eigenvalue weighted by Crippen LogP contribution is -2.58. The van der Waals surface area contributed by atoms with Crippen molar-refractivity contribution in [2.45, 2.75) is 44.7 Å². The summed E-state index contributed by atoms with van der Waals surface area (Å²) in [4.78, 5) is 12.9. The van der Waals surface area contributed by atoms with Gasteiger partial charge in [-0.05, 0) is 61.3 Å². The maximum absolute atomic E-state index is 9.52. The molecule has 0 radical (unpaired) electrons. The van der Waals surface area contributed by atoms with E-state index in [-0.39, 0.29) is 5.41 Å². The Balaban J connectivity index is 1.29. The van der Waals surface area contributed by atoms with Crippen LogP contribution in [-0.2, 0) is 6.54 Å². The van der Waals surface area contributed by atoms with Gasteiger partial charge < -0.3 is 16.4 Å². The fraction of sp³-hybridized carbons (Fsp3) is 0.545. The predicted octanol–water partition coefficient (Wildman–Crippen LogP) is 3.57. The van der Waals surface area contributed by atoms with E-state index < -0.39 is 0 Å². The van der Waals surface area contributed by atoms with Crippen LogP contribution in [0.1, 0.15) is 43.2 Å². The van der Waals surface area contributed by atoms with Crippen molar-refractivity contribution in [3.63, 3.8) is 0 Å². The van der Waals surface area contributed by atoms with Crippen LogP contribution in [0.3, 0.4) is 0 Å². The highest BCUT2D eigenvalue weighted by molar-refractivity contribution is 6.30. The van der Waals surface area contributed by atoms with Crippen molar-refractivity contribution in [1.82, 2.24) is 15.0 Å². The smallest absolute Gasteiger partial charge is 0.224 e. The van der Waals surface area contributed by atoms with Gasteiger partial charge in [-0.2, -0.15) is 10.2 Å². The summed E-state index contributed by atoms with van der Waals surface area (Å²) < 4.78 is 0. The summed E-state index contributed by atoms with van der Waals surface area (Å²) in [5.41, 5.74) is 8.09. The molecule has 3 unspecified atom stereocenters. The molecule has 0 amide bonds. The molecule has 0 aromatic carbocycles. The Hall–Kier alpha value is -2.43. The zero-order valence-electron chi connectivity index (χ0n) is 16.8. The largest absolute Gasteiger partial charge is 0.368 e. The molecule has 2 aromatic heterocycles. The Bertz CT molecular complexity index is 972. The van der Waals surface area contributed by atoms with Gasteiger partial charge in [0, 0.05) is 30.9 Å². The highest BCUT2D eigenvalue weighted by Gasteiger charge is 2.54. The first-order valence-electron chi connectivity index (χ1n) is 10.7. The third-order valence-corrected chi connectivity index (χ3v) is 7.63. The Morgan fingerprint density at radius 2 is 2.00 bits per heavy atom. The van der Waals surface area contributed by atoms with Crippen LogP contribution < -0.4 is 16.4 Å². The van der Waals surface area contributed by atoms with Crippen LogP contribution in [0.15, 0.2) is 24.5 Å². The molecule has 30 heavy (non-hydrogen) atoms. The van der Waals surface area contributed by atoms with Gasteiger partial charge in [-0.3, -0.25) is 0 Å². The molecule has 5 atom stereocenters. The SMILES string of the molecule is N#Cc1cnc(NCc2cccnc2Cl)nc1NCC12CC3C[C@H](C1)C(N)[C@@H](C3)C2. The van der Waals surface area contributed by atoms with E-state index in [1.54, 1.807) is 12.4 Å². The standard InChI is InChI=1S/C22H26ClN7/c23-19-14(2-1-3-26-19)10-27-21-28-11-17(9-24)20(30-21)29-12-22-6-13-4-15(7-22)18(25)16(5-13)8-22/h1-3,11,13,15-16,18H,4-8,10,12,25H2,(H2,27,28,29,30)/t13?,15-,16+,18?,22?. The van der Waals surface area contributed by atoms with Crippen molar-refractivity contribution in [2.75, 3.05) is 17.2 Å². The van der Waals surface area contributed by atoms with E-state index >= 15 is 0 Å². The molecule has 4 N–H and O–H groups in total. The molecule has 4 bridgehead atoms. The molecule has 156 valence electrons. The van der Waals surface area contributed by atoms with E-state index in [0.29, 0.717) is 46.9 Å². The van der Waals surface area contributed by atoms with Crippen molar-refractivity contribution in [3.8, 4) is 6.07 Å². The molecule has 2 aromatic rings. The molecule has 7 nitrogen and oxygen atoms in total. The molecule has 4 aliphatic carbocycles. The van der Waals surface area contributed by atoms with Gasteiger partial charge in [-0.1, -0.05) is 17.7 Å². The monoisotopic (exact) mass is 423 g/mol. The van der Waals surface area contributed by atoms with Gasteiger partial charge in [0.2, 0.25) is 5.95 Å². The van der Waals surface area contributed by atoms with Crippen LogP contribution >= 0.6 is 11.6 Å². The number of nitriles is 1. The maximum atomic E-state index is 9.52. The normalized spacial score (nSPS) is 31.4. The first kappa shape index (κ1) is 19.5. The predicted molar refractivity (Wildman–Crippen MR) is 116 cm³/mol. The summed E-state index contributed by atoms with van der Waals surface area (Å²) in [6, 6.07) is 6.32. The highest BCUT2D eigenvalue weighted by atomic mass is 35.5. The van der Waals surface area contributed by atoms with E-state index in [2.05, 4.69) is 31.7 Å². The Morgan fingerprint density at radius 3 is 2.73 bits per heavy atom. The number of hydrogen-bond acceptors (Lipinski definition) is 7. The van der Waals surface area contributed by atoms with Gasteiger partial charge >= 0.3 is 0 Å². The second-order valence-electron chi connectivity index (χ2n) is 9.28. The summed E-state index contributed by atoms with van der Waals surface area (Å²) in [6.07, 6.45) is 9.44. The van der Waals surface area contributed by atoms with Gasteiger partial charge in [-0.15, -0.1) is 0 Å². The first-order valence-corrected chi connectivity index (χ1v) is 11.0. The number of rotatable bonds is 6. The Labute approximate surface area is 181 Å². The average Bonchev–Trinajstić information content (AvgIpc) is 2.75. The summed E-state index contributed by atoms with van der Waals surface area (Å²) >= 11 is 6.12. The summed E-state index contributed by atoms with van der Waals surface area (Å²) in [5, 5.41) is 16.6. The molecule has 2 heterocycles. The Morgan fingerprint density at radius 1 is 1.20 bits per heavy atom. The number of pyridine rings is 1. The van der Waals surface area contributed by atoms with Gasteiger partial charge in [0.25, 0.3) is 0 Å². The number of anilines is 2. The molecule has 0 aliphatic heterocycles. The van der Waals surface area contributed by atoms with E-state index in [0.717, 1.165) is 18.0 Å². The summed E-state index contributed by atoms with van der Waals surface area (Å²) in [6.45, 7) is 1.30. The quantitative estimate of drug-likeness (QED) is 0.608. The van der Waals surface area contributed by atoms with Crippen molar-refractivity contribution >= 4 is 23.4 Å². The Kier molecular flexibility index (Phi) is 5.00. The minimum absolute atomic E-state index is 0.279. The van der Waals surface area contributed by atoms with Crippen LogP contribution in [0, 0.1) is 34.5 Å². The zero-order valence-corrected chi connectivity index (χ0v) is 17.6. The fourth-order valence-electron chi connectivity index (χ4n) is 6.13. The van der Waals surface area contributed by atoms with Crippen molar-refractivity contribution in [3.05, 3.63) is 40.8 Å². The van der Waals surface area contributed by atoms with Crippen LogP contribution in [0.25, 0.3) is 0 Å². The van der Waals surface area contributed by atoms with Crippen LogP contribution in [0.2, 0.25) is 5.15 Å². The van der Waals surface area contributed by atoms with Gasteiger partial charge in [0.15, 0.2) is 0 Å². The minimum atomic E-state index is 0.279. The van der Waals surface area contributed by atoms with Crippen molar-refractivity contribution in [2.24, 2.45) is 28.9 Å². The topological polar surface area (TPSA) is 113 Å². The molecule has 0 spiro atoms. The first-order chi connectivity index (χ1) is 14.5. The highest BCUT2D eigenvalue weighted by Crippen LogP contribution is 2.59. The van der Waals surface area contributed by atoms with Gasteiger partial charge in [0.05, 0.1) is 6.20 Å².